The van der Waals surface area contributed by atoms with Crippen molar-refractivity contribution in [1.29, 1.82) is 0 Å². The zero-order chi connectivity index (χ0) is 20.1. The zero-order valence-corrected chi connectivity index (χ0v) is 16.7. The zero-order valence-electron chi connectivity index (χ0n) is 16.7. The van der Waals surface area contributed by atoms with Crippen molar-refractivity contribution < 1.29 is 9.53 Å². The molecule has 0 fully saturated rings. The molecular formula is C22H26N4O2. The van der Waals surface area contributed by atoms with Gasteiger partial charge in [-0.3, -0.25) is 9.36 Å². The van der Waals surface area contributed by atoms with Gasteiger partial charge in [0.05, 0.1) is 6.54 Å². The van der Waals surface area contributed by atoms with Crippen LogP contribution in [0.15, 0.2) is 54.9 Å². The van der Waals surface area contributed by atoms with E-state index in [1.165, 1.54) is 5.56 Å². The molecule has 3 aromatic rings. The number of hydrogen-bond donors (Lipinski definition) is 1. The number of para-hydroxylation sites is 1. The van der Waals surface area contributed by atoms with Crippen molar-refractivity contribution in [3.8, 4) is 11.4 Å². The van der Waals surface area contributed by atoms with E-state index in [-0.39, 0.29) is 12.5 Å². The molecule has 28 heavy (non-hydrogen) atoms. The van der Waals surface area contributed by atoms with Crippen molar-refractivity contribution in [3.05, 3.63) is 71.8 Å². The first kappa shape index (κ1) is 19.6. The van der Waals surface area contributed by atoms with Crippen molar-refractivity contribution in [2.45, 2.75) is 46.3 Å². The Morgan fingerprint density at radius 3 is 2.61 bits per heavy atom. The van der Waals surface area contributed by atoms with Gasteiger partial charge in [0.25, 0.3) is 5.91 Å². The number of nitrogens with zero attached hydrogens (tertiary/aromatic N) is 3. The lowest BCUT2D eigenvalue weighted by molar-refractivity contribution is -0.127. The summed E-state index contributed by atoms with van der Waals surface area (Å²) >= 11 is 0. The van der Waals surface area contributed by atoms with Crippen molar-refractivity contribution in [3.63, 3.8) is 0 Å². The smallest absolute Gasteiger partial charge is 0.261 e. The van der Waals surface area contributed by atoms with Gasteiger partial charge >= 0.3 is 0 Å². The number of rotatable bonds is 7. The van der Waals surface area contributed by atoms with Gasteiger partial charge in [-0.25, -0.2) is 0 Å². The third-order valence-corrected chi connectivity index (χ3v) is 4.63. The average molecular weight is 378 g/mol. The summed E-state index contributed by atoms with van der Waals surface area (Å²) in [7, 11) is 0. The number of aromatic nitrogens is 3. The first-order valence-electron chi connectivity index (χ1n) is 9.45. The van der Waals surface area contributed by atoms with E-state index in [2.05, 4.69) is 35.4 Å². The quantitative estimate of drug-likeness (QED) is 0.679. The fraction of sp³-hybridized carbons (Fsp3) is 0.318. The minimum atomic E-state index is -0.616. The van der Waals surface area contributed by atoms with E-state index in [0.29, 0.717) is 11.7 Å². The number of carbonyl (C=O) groups is 1. The van der Waals surface area contributed by atoms with E-state index in [4.69, 9.17) is 4.74 Å². The van der Waals surface area contributed by atoms with Crippen LogP contribution < -0.4 is 10.1 Å². The summed E-state index contributed by atoms with van der Waals surface area (Å²) in [4.78, 5) is 12.5. The first-order chi connectivity index (χ1) is 13.5. The minimum absolute atomic E-state index is 0.197. The van der Waals surface area contributed by atoms with Crippen molar-refractivity contribution in [1.82, 2.24) is 20.1 Å². The largest absolute Gasteiger partial charge is 0.481 e. The average Bonchev–Trinajstić information content (AvgIpc) is 3.16. The van der Waals surface area contributed by atoms with Crippen LogP contribution in [-0.4, -0.2) is 26.8 Å². The van der Waals surface area contributed by atoms with E-state index >= 15 is 0 Å². The van der Waals surface area contributed by atoms with E-state index < -0.39 is 6.10 Å². The Labute approximate surface area is 165 Å². The van der Waals surface area contributed by atoms with Gasteiger partial charge in [-0.05, 0) is 49.1 Å². The van der Waals surface area contributed by atoms with Crippen molar-refractivity contribution in [2.75, 3.05) is 0 Å². The highest BCUT2D eigenvalue weighted by Crippen LogP contribution is 2.25. The maximum Gasteiger partial charge on any atom is 0.261 e. The second-order valence-electron chi connectivity index (χ2n) is 7.11. The molecule has 0 radical (unpaired) electrons. The molecule has 0 aliphatic carbocycles. The molecular weight excluding hydrogens is 352 g/mol. The Morgan fingerprint density at radius 1 is 1.14 bits per heavy atom. The molecule has 0 aliphatic heterocycles. The lowest BCUT2D eigenvalue weighted by Gasteiger charge is -2.18. The molecule has 146 valence electrons. The minimum Gasteiger partial charge on any atom is -0.481 e. The second kappa shape index (κ2) is 8.69. The maximum atomic E-state index is 12.5. The maximum absolute atomic E-state index is 12.5. The van der Waals surface area contributed by atoms with Gasteiger partial charge < -0.3 is 10.1 Å². The van der Waals surface area contributed by atoms with Crippen molar-refractivity contribution >= 4 is 5.91 Å². The topological polar surface area (TPSA) is 69.0 Å². The molecule has 1 unspecified atom stereocenters. The Hall–Kier alpha value is -3.15. The highest BCUT2D eigenvalue weighted by atomic mass is 16.5. The molecule has 1 amide bonds. The summed E-state index contributed by atoms with van der Waals surface area (Å²) in [5.74, 6) is 1.60. The van der Waals surface area contributed by atoms with Gasteiger partial charge in [-0.1, -0.05) is 44.2 Å². The number of aryl methyl sites for hydroxylation is 1. The van der Waals surface area contributed by atoms with E-state index in [9.17, 15) is 4.79 Å². The predicted molar refractivity (Wildman–Crippen MR) is 109 cm³/mol. The van der Waals surface area contributed by atoms with Gasteiger partial charge in [-0.2, -0.15) is 0 Å². The molecule has 0 saturated heterocycles. The van der Waals surface area contributed by atoms with E-state index in [1.54, 1.807) is 13.3 Å². The first-order valence-corrected chi connectivity index (χ1v) is 9.45. The Bertz CT molecular complexity index is 935. The van der Waals surface area contributed by atoms with Gasteiger partial charge in [-0.15, -0.1) is 10.2 Å². The highest BCUT2D eigenvalue weighted by molar-refractivity contribution is 5.80. The van der Waals surface area contributed by atoms with Crippen LogP contribution in [0.2, 0.25) is 0 Å². The molecule has 3 rings (SSSR count). The molecule has 0 saturated carbocycles. The lowest BCUT2D eigenvalue weighted by Crippen LogP contribution is -2.36. The highest BCUT2D eigenvalue weighted by Gasteiger charge is 2.17. The Morgan fingerprint density at radius 2 is 1.89 bits per heavy atom. The van der Waals surface area contributed by atoms with Crippen LogP contribution in [0.1, 0.15) is 43.6 Å². The third kappa shape index (κ3) is 4.57. The number of benzene rings is 2. The summed E-state index contributed by atoms with van der Waals surface area (Å²) in [6.07, 6.45) is 1.02. The summed E-state index contributed by atoms with van der Waals surface area (Å²) in [5.41, 5.74) is 3.14. The summed E-state index contributed by atoms with van der Waals surface area (Å²) in [6.45, 7) is 8.26. The van der Waals surface area contributed by atoms with Gasteiger partial charge in [0, 0.05) is 5.69 Å². The van der Waals surface area contributed by atoms with Crippen LogP contribution in [-0.2, 0) is 11.3 Å². The SMILES string of the molecule is Cc1ccc(C(C)C)cc1OC(C)C(=O)NCc1nncn1-c1ccccc1. The number of nitrogens with one attached hydrogen (secondary N) is 1. The van der Waals surface area contributed by atoms with Crippen LogP contribution >= 0.6 is 0 Å². The van der Waals surface area contributed by atoms with E-state index in [0.717, 1.165) is 17.0 Å². The molecule has 6 heteroatoms. The second-order valence-corrected chi connectivity index (χ2v) is 7.11. The molecule has 1 aromatic heterocycles. The predicted octanol–water partition coefficient (Wildman–Crippen LogP) is 3.78. The molecule has 0 bridgehead atoms. The monoisotopic (exact) mass is 378 g/mol. The fourth-order valence-electron chi connectivity index (χ4n) is 2.84. The van der Waals surface area contributed by atoms with Crippen LogP contribution in [0.5, 0.6) is 5.75 Å². The number of hydrogen-bond acceptors (Lipinski definition) is 4. The van der Waals surface area contributed by atoms with Crippen LogP contribution in [0, 0.1) is 6.92 Å². The van der Waals surface area contributed by atoms with Crippen LogP contribution in [0.4, 0.5) is 0 Å². The summed E-state index contributed by atoms with van der Waals surface area (Å²) in [5, 5.41) is 11.0. The fourth-order valence-corrected chi connectivity index (χ4v) is 2.84. The van der Waals surface area contributed by atoms with Crippen molar-refractivity contribution in [2.24, 2.45) is 0 Å². The number of ether oxygens (including phenoxy) is 1. The molecule has 2 aromatic carbocycles. The third-order valence-electron chi connectivity index (χ3n) is 4.63. The van der Waals surface area contributed by atoms with Gasteiger partial charge in [0.1, 0.15) is 12.1 Å². The molecule has 0 aliphatic rings. The number of amides is 1. The van der Waals surface area contributed by atoms with Gasteiger partial charge in [0.2, 0.25) is 0 Å². The number of carbonyl (C=O) groups excluding carboxylic acids is 1. The molecule has 1 N–H and O–H groups in total. The molecule has 1 heterocycles. The lowest BCUT2D eigenvalue weighted by atomic mass is 10.0. The van der Waals surface area contributed by atoms with Crippen LogP contribution in [0.25, 0.3) is 5.69 Å². The van der Waals surface area contributed by atoms with Gasteiger partial charge in [0.15, 0.2) is 11.9 Å². The molecule has 1 atom stereocenters. The Balaban J connectivity index is 1.63. The molecule has 0 spiro atoms. The molecule has 6 nitrogen and oxygen atoms in total. The summed E-state index contributed by atoms with van der Waals surface area (Å²) < 4.78 is 7.78. The van der Waals surface area contributed by atoms with E-state index in [1.807, 2.05) is 54.0 Å². The normalized spacial score (nSPS) is 12.0. The summed E-state index contributed by atoms with van der Waals surface area (Å²) in [6, 6.07) is 15.9. The Kier molecular flexibility index (Phi) is 6.09. The standard InChI is InChI=1S/C22H26N4O2/c1-15(2)18-11-10-16(3)20(12-18)28-17(4)22(27)23-13-21-25-24-14-26(21)19-8-6-5-7-9-19/h5-12,14-15,17H,13H2,1-4H3,(H,23,27). The van der Waals surface area contributed by atoms with Crippen LogP contribution in [0.3, 0.4) is 0 Å².